The summed E-state index contributed by atoms with van der Waals surface area (Å²) < 4.78 is 0.838. The second-order valence-corrected chi connectivity index (χ2v) is 10.2. The molecular weight excluding hydrogens is 488 g/mol. The van der Waals surface area contributed by atoms with Crippen LogP contribution in [0.25, 0.3) is 0 Å². The van der Waals surface area contributed by atoms with Gasteiger partial charge in [-0.15, -0.1) is 20.4 Å². The molecule has 0 aliphatic carbocycles. The lowest BCUT2D eigenvalue weighted by Crippen LogP contribution is -2.04. The smallest absolute Gasteiger partial charge is 0.252 e. The molecule has 10 heteroatoms. The second kappa shape index (κ2) is 12.2. The van der Waals surface area contributed by atoms with Gasteiger partial charge in [-0.25, -0.2) is 4.98 Å². The van der Waals surface area contributed by atoms with Crippen LogP contribution in [0.3, 0.4) is 0 Å². The van der Waals surface area contributed by atoms with E-state index in [4.69, 9.17) is 4.98 Å². The molecule has 0 saturated heterocycles. The second-order valence-electron chi connectivity index (χ2n) is 7.74. The molecule has 36 heavy (non-hydrogen) atoms. The molecule has 0 radical (unpaired) electrons. The molecule has 2 heterocycles. The summed E-state index contributed by atoms with van der Waals surface area (Å²) in [5, 5.41) is 34.0. The summed E-state index contributed by atoms with van der Waals surface area (Å²) in [6.07, 6.45) is 0. The first kappa shape index (κ1) is 26.8. The molecule has 0 fully saturated rings. The van der Waals surface area contributed by atoms with Gasteiger partial charge in [0.2, 0.25) is 0 Å². The maximum Gasteiger partial charge on any atom is 0.252 e. The van der Waals surface area contributed by atoms with Crippen molar-refractivity contribution in [2.24, 2.45) is 10.2 Å². The number of aryl methyl sites for hydroxylation is 2. The fourth-order valence-corrected chi connectivity index (χ4v) is 4.76. The lowest BCUT2D eigenvalue weighted by molar-refractivity contribution is 0.993. The minimum Gasteiger partial charge on any atom is -0.339 e. The summed E-state index contributed by atoms with van der Waals surface area (Å²) in [5.74, 6) is 1.83. The Bertz CT molecular complexity index is 1390. The van der Waals surface area contributed by atoms with Crippen molar-refractivity contribution in [2.45, 2.75) is 39.5 Å². The van der Waals surface area contributed by atoms with Crippen LogP contribution in [0, 0.1) is 32.1 Å². The minimum atomic E-state index is 0. The standard InChI is InChI=1S/C25H24N8S2.CH4/c1-5-34-25-33-32-24(35-25)31-30-21-17(4)20(14-26)22(27-18-10-6-15(2)7-11-18)29-23(21)28-19-12-8-16(3)9-13-19;/h6-13H,5H2,1-4H3,(H2,27,28,29);1H4. The lowest BCUT2D eigenvalue weighted by atomic mass is 10.1. The fraction of sp³-hybridized carbons (Fsp3) is 0.231. The largest absolute Gasteiger partial charge is 0.339 e. The van der Waals surface area contributed by atoms with Crippen molar-refractivity contribution >= 4 is 56.9 Å². The molecule has 0 atom stereocenters. The van der Waals surface area contributed by atoms with Crippen molar-refractivity contribution in [3.05, 3.63) is 70.8 Å². The molecule has 0 amide bonds. The molecule has 4 rings (SSSR count). The van der Waals surface area contributed by atoms with Crippen LogP contribution in [0.4, 0.5) is 33.8 Å². The highest BCUT2D eigenvalue weighted by molar-refractivity contribution is 8.01. The van der Waals surface area contributed by atoms with Crippen LogP contribution in [0.15, 0.2) is 63.1 Å². The third-order valence-electron chi connectivity index (χ3n) is 5.05. The Morgan fingerprint density at radius 2 is 1.47 bits per heavy atom. The topological polar surface area (TPSA) is 111 Å². The highest BCUT2D eigenvalue weighted by Crippen LogP contribution is 2.38. The van der Waals surface area contributed by atoms with Crippen LogP contribution < -0.4 is 10.6 Å². The number of nitrogens with one attached hydrogen (secondary N) is 2. The molecule has 0 unspecified atom stereocenters. The first-order chi connectivity index (χ1) is 17.0. The highest BCUT2D eigenvalue weighted by atomic mass is 32.2. The Kier molecular flexibility index (Phi) is 9.11. The maximum atomic E-state index is 9.96. The van der Waals surface area contributed by atoms with Gasteiger partial charge >= 0.3 is 0 Å². The maximum absolute atomic E-state index is 9.96. The summed E-state index contributed by atoms with van der Waals surface area (Å²) in [4.78, 5) is 4.75. The van der Waals surface area contributed by atoms with Gasteiger partial charge in [0, 0.05) is 16.9 Å². The first-order valence-corrected chi connectivity index (χ1v) is 12.8. The molecule has 2 aromatic carbocycles. The molecule has 184 valence electrons. The number of nitriles is 1. The summed E-state index contributed by atoms with van der Waals surface area (Å²) >= 11 is 2.98. The van der Waals surface area contributed by atoms with Crippen molar-refractivity contribution in [3.63, 3.8) is 0 Å². The van der Waals surface area contributed by atoms with Crippen molar-refractivity contribution in [1.82, 2.24) is 15.2 Å². The van der Waals surface area contributed by atoms with Crippen molar-refractivity contribution in [3.8, 4) is 6.07 Å². The summed E-state index contributed by atoms with van der Waals surface area (Å²) in [6, 6.07) is 18.1. The average Bonchev–Trinajstić information content (AvgIpc) is 3.29. The monoisotopic (exact) mass is 516 g/mol. The number of azo groups is 1. The third-order valence-corrected chi connectivity index (χ3v) is 6.88. The van der Waals surface area contributed by atoms with Gasteiger partial charge in [-0.05, 0) is 50.8 Å². The lowest BCUT2D eigenvalue weighted by Gasteiger charge is -2.16. The zero-order valence-corrected chi connectivity index (χ0v) is 21.5. The van der Waals surface area contributed by atoms with E-state index >= 15 is 0 Å². The van der Waals surface area contributed by atoms with Crippen molar-refractivity contribution in [2.75, 3.05) is 16.4 Å². The van der Waals surface area contributed by atoms with Gasteiger partial charge in [-0.1, -0.05) is 72.8 Å². The van der Waals surface area contributed by atoms with Crippen LogP contribution >= 0.6 is 23.1 Å². The van der Waals surface area contributed by atoms with E-state index in [1.807, 2.05) is 69.3 Å². The number of hydrogen-bond acceptors (Lipinski definition) is 10. The first-order valence-electron chi connectivity index (χ1n) is 11.0. The van der Waals surface area contributed by atoms with Gasteiger partial charge in [-0.2, -0.15) is 5.26 Å². The Labute approximate surface area is 219 Å². The van der Waals surface area contributed by atoms with Crippen LogP contribution in [-0.4, -0.2) is 20.9 Å². The van der Waals surface area contributed by atoms with Gasteiger partial charge < -0.3 is 10.6 Å². The van der Waals surface area contributed by atoms with Crippen molar-refractivity contribution < 1.29 is 0 Å². The van der Waals surface area contributed by atoms with Gasteiger partial charge in [0.05, 0.1) is 5.56 Å². The van der Waals surface area contributed by atoms with E-state index < -0.39 is 0 Å². The summed E-state index contributed by atoms with van der Waals surface area (Å²) in [7, 11) is 0. The molecule has 8 nitrogen and oxygen atoms in total. The Morgan fingerprint density at radius 3 is 2.03 bits per heavy atom. The number of thioether (sulfide) groups is 1. The highest BCUT2D eigenvalue weighted by Gasteiger charge is 2.18. The van der Waals surface area contributed by atoms with E-state index in [0.717, 1.165) is 32.6 Å². The Morgan fingerprint density at radius 1 is 0.889 bits per heavy atom. The van der Waals surface area contributed by atoms with E-state index in [2.05, 4.69) is 44.1 Å². The minimum absolute atomic E-state index is 0. The number of pyridine rings is 1. The molecule has 0 saturated carbocycles. The normalized spacial score (nSPS) is 10.6. The quantitative estimate of drug-likeness (QED) is 0.179. The number of benzene rings is 2. The van der Waals surface area contributed by atoms with Crippen LogP contribution in [0.1, 0.15) is 36.6 Å². The van der Waals surface area contributed by atoms with Gasteiger partial charge in [0.25, 0.3) is 5.13 Å². The zero-order chi connectivity index (χ0) is 24.8. The Balaban J connectivity index is 0.00000361. The van der Waals surface area contributed by atoms with Crippen LogP contribution in [0.5, 0.6) is 0 Å². The van der Waals surface area contributed by atoms with Gasteiger partial charge in [-0.3, -0.25) is 0 Å². The number of aromatic nitrogens is 3. The number of rotatable bonds is 8. The predicted molar refractivity (Wildman–Crippen MR) is 150 cm³/mol. The van der Waals surface area contributed by atoms with E-state index in [9.17, 15) is 5.26 Å². The van der Waals surface area contributed by atoms with E-state index in [1.165, 1.54) is 11.3 Å². The number of hydrogen-bond donors (Lipinski definition) is 2. The molecule has 0 spiro atoms. The van der Waals surface area contributed by atoms with Crippen LogP contribution in [-0.2, 0) is 0 Å². The molecule has 0 aliphatic heterocycles. The molecular formula is C26H28N8S2. The summed E-state index contributed by atoms with van der Waals surface area (Å²) in [6.45, 7) is 7.96. The van der Waals surface area contributed by atoms with Crippen molar-refractivity contribution in [1.29, 1.82) is 5.26 Å². The van der Waals surface area contributed by atoms with E-state index in [0.29, 0.717) is 33.6 Å². The zero-order valence-electron chi connectivity index (χ0n) is 19.8. The fourth-order valence-electron chi connectivity index (χ4n) is 3.20. The molecule has 4 aromatic rings. The van der Waals surface area contributed by atoms with Crippen LogP contribution in [0.2, 0.25) is 0 Å². The van der Waals surface area contributed by atoms with E-state index in [-0.39, 0.29) is 7.43 Å². The molecule has 0 aliphatic rings. The number of anilines is 4. The summed E-state index contributed by atoms with van der Waals surface area (Å²) in [5.41, 5.74) is 5.51. The molecule has 2 N–H and O–H groups in total. The van der Waals surface area contributed by atoms with Gasteiger partial charge in [0.1, 0.15) is 11.8 Å². The predicted octanol–water partition coefficient (Wildman–Crippen LogP) is 8.38. The number of nitrogens with zero attached hydrogens (tertiary/aromatic N) is 6. The van der Waals surface area contributed by atoms with E-state index in [1.54, 1.807) is 11.8 Å². The van der Waals surface area contributed by atoms with Gasteiger partial charge in [0.15, 0.2) is 16.0 Å². The SMILES string of the molecule is C.CCSc1nnc(N=Nc2c(Nc3ccc(C)cc3)nc(Nc3ccc(C)cc3)c(C#N)c2C)s1. The Hall–Kier alpha value is -3.81. The third kappa shape index (κ3) is 6.44. The molecule has 0 bridgehead atoms. The molecule has 2 aromatic heterocycles. The average molecular weight is 517 g/mol.